The summed E-state index contributed by atoms with van der Waals surface area (Å²) in [5.41, 5.74) is 1.03. The molecular weight excluding hydrogens is 178 g/mol. The Bertz CT molecular complexity index is 285. The van der Waals surface area contributed by atoms with Crippen LogP contribution >= 0.6 is 0 Å². The van der Waals surface area contributed by atoms with Crippen LogP contribution in [0.25, 0.3) is 0 Å². The molecule has 1 N–H and O–H groups in total. The van der Waals surface area contributed by atoms with Crippen molar-refractivity contribution in [3.05, 3.63) is 35.9 Å². The lowest BCUT2D eigenvalue weighted by Gasteiger charge is -2.14. The SMILES string of the molecule is CNC(=O)CC(OC)c1ccccc1. The Labute approximate surface area is 84.1 Å². The lowest BCUT2D eigenvalue weighted by atomic mass is 10.1. The van der Waals surface area contributed by atoms with E-state index in [0.717, 1.165) is 5.56 Å². The molecule has 3 nitrogen and oxygen atoms in total. The van der Waals surface area contributed by atoms with E-state index in [-0.39, 0.29) is 12.0 Å². The summed E-state index contributed by atoms with van der Waals surface area (Å²) in [6, 6.07) is 9.72. The zero-order valence-corrected chi connectivity index (χ0v) is 8.49. The van der Waals surface area contributed by atoms with Crippen molar-refractivity contribution in [1.82, 2.24) is 5.32 Å². The molecule has 0 aliphatic heterocycles. The second kappa shape index (κ2) is 5.40. The Kier molecular flexibility index (Phi) is 4.13. The van der Waals surface area contributed by atoms with Gasteiger partial charge in [-0.3, -0.25) is 4.79 Å². The molecule has 0 bridgehead atoms. The molecule has 14 heavy (non-hydrogen) atoms. The van der Waals surface area contributed by atoms with Crippen LogP contribution in [-0.4, -0.2) is 20.1 Å². The fraction of sp³-hybridized carbons (Fsp3) is 0.364. The first kappa shape index (κ1) is 10.7. The summed E-state index contributed by atoms with van der Waals surface area (Å²) in [5, 5.41) is 2.58. The van der Waals surface area contributed by atoms with E-state index in [1.54, 1.807) is 14.2 Å². The molecule has 1 aromatic carbocycles. The fourth-order valence-electron chi connectivity index (χ4n) is 1.28. The monoisotopic (exact) mass is 193 g/mol. The number of carbonyl (C=O) groups excluding carboxylic acids is 1. The summed E-state index contributed by atoms with van der Waals surface area (Å²) < 4.78 is 5.25. The first-order valence-electron chi connectivity index (χ1n) is 4.56. The Morgan fingerprint density at radius 2 is 2.07 bits per heavy atom. The highest BCUT2D eigenvalue weighted by atomic mass is 16.5. The van der Waals surface area contributed by atoms with E-state index in [0.29, 0.717) is 6.42 Å². The minimum Gasteiger partial charge on any atom is -0.376 e. The maximum absolute atomic E-state index is 11.2. The molecule has 1 unspecified atom stereocenters. The molecule has 0 aliphatic carbocycles. The highest BCUT2D eigenvalue weighted by Gasteiger charge is 2.13. The molecule has 1 atom stereocenters. The van der Waals surface area contributed by atoms with E-state index in [4.69, 9.17) is 4.74 Å². The Morgan fingerprint density at radius 3 is 2.57 bits per heavy atom. The zero-order valence-electron chi connectivity index (χ0n) is 8.49. The topological polar surface area (TPSA) is 38.3 Å². The highest BCUT2D eigenvalue weighted by Crippen LogP contribution is 2.19. The summed E-state index contributed by atoms with van der Waals surface area (Å²) >= 11 is 0. The van der Waals surface area contributed by atoms with Crippen molar-refractivity contribution < 1.29 is 9.53 Å². The van der Waals surface area contributed by atoms with Crippen LogP contribution in [0.4, 0.5) is 0 Å². The molecule has 0 aliphatic rings. The Balaban J connectivity index is 2.68. The van der Waals surface area contributed by atoms with Crippen LogP contribution in [0, 0.1) is 0 Å². The van der Waals surface area contributed by atoms with Crippen molar-refractivity contribution in [3.8, 4) is 0 Å². The van der Waals surface area contributed by atoms with Crippen LogP contribution in [-0.2, 0) is 9.53 Å². The number of nitrogens with one attached hydrogen (secondary N) is 1. The van der Waals surface area contributed by atoms with Crippen molar-refractivity contribution in [2.75, 3.05) is 14.2 Å². The number of hydrogen-bond acceptors (Lipinski definition) is 2. The molecule has 0 radical (unpaired) electrons. The molecule has 3 heteroatoms. The minimum atomic E-state index is -0.156. The number of carbonyl (C=O) groups is 1. The van der Waals surface area contributed by atoms with Gasteiger partial charge in [-0.2, -0.15) is 0 Å². The maximum Gasteiger partial charge on any atom is 0.222 e. The quantitative estimate of drug-likeness (QED) is 0.787. The van der Waals surface area contributed by atoms with Crippen molar-refractivity contribution in [2.24, 2.45) is 0 Å². The van der Waals surface area contributed by atoms with Gasteiger partial charge in [0.2, 0.25) is 5.91 Å². The lowest BCUT2D eigenvalue weighted by Crippen LogP contribution is -2.21. The molecule has 0 heterocycles. The van der Waals surface area contributed by atoms with Crippen LogP contribution in [0.1, 0.15) is 18.1 Å². The zero-order chi connectivity index (χ0) is 10.4. The predicted molar refractivity (Wildman–Crippen MR) is 54.9 cm³/mol. The first-order chi connectivity index (χ1) is 6.77. The summed E-state index contributed by atoms with van der Waals surface area (Å²) in [7, 11) is 3.24. The van der Waals surface area contributed by atoms with E-state index >= 15 is 0 Å². The maximum atomic E-state index is 11.2. The van der Waals surface area contributed by atoms with Gasteiger partial charge < -0.3 is 10.1 Å². The van der Waals surface area contributed by atoms with Crippen LogP contribution in [0.2, 0.25) is 0 Å². The molecule has 76 valence electrons. The van der Waals surface area contributed by atoms with E-state index < -0.39 is 0 Å². The normalized spacial score (nSPS) is 12.1. The average molecular weight is 193 g/mol. The van der Waals surface area contributed by atoms with Crippen molar-refractivity contribution in [2.45, 2.75) is 12.5 Å². The van der Waals surface area contributed by atoms with Gasteiger partial charge in [-0.25, -0.2) is 0 Å². The van der Waals surface area contributed by atoms with Gasteiger partial charge in [0.25, 0.3) is 0 Å². The third-order valence-electron chi connectivity index (χ3n) is 2.11. The van der Waals surface area contributed by atoms with E-state index in [9.17, 15) is 4.79 Å². The lowest BCUT2D eigenvalue weighted by molar-refractivity contribution is -0.123. The third kappa shape index (κ3) is 2.85. The van der Waals surface area contributed by atoms with Gasteiger partial charge in [0.15, 0.2) is 0 Å². The fourth-order valence-corrected chi connectivity index (χ4v) is 1.28. The molecular formula is C11H15NO2. The molecule has 0 fully saturated rings. The smallest absolute Gasteiger partial charge is 0.222 e. The van der Waals surface area contributed by atoms with Crippen LogP contribution < -0.4 is 5.32 Å². The largest absolute Gasteiger partial charge is 0.376 e. The van der Waals surface area contributed by atoms with E-state index in [1.165, 1.54) is 0 Å². The van der Waals surface area contributed by atoms with Gasteiger partial charge in [-0.1, -0.05) is 30.3 Å². The molecule has 1 aromatic rings. The number of rotatable bonds is 4. The van der Waals surface area contributed by atoms with Gasteiger partial charge >= 0.3 is 0 Å². The predicted octanol–water partition coefficient (Wildman–Crippen LogP) is 1.51. The molecule has 0 saturated carbocycles. The van der Waals surface area contributed by atoms with Gasteiger partial charge in [0, 0.05) is 14.2 Å². The third-order valence-corrected chi connectivity index (χ3v) is 2.11. The minimum absolute atomic E-state index is 0.0132. The second-order valence-electron chi connectivity index (χ2n) is 3.01. The first-order valence-corrected chi connectivity index (χ1v) is 4.56. The molecule has 0 aromatic heterocycles. The van der Waals surface area contributed by atoms with Crippen LogP contribution in [0.15, 0.2) is 30.3 Å². The van der Waals surface area contributed by atoms with E-state index in [1.807, 2.05) is 30.3 Å². The molecule has 1 amide bonds. The van der Waals surface area contributed by atoms with Crippen molar-refractivity contribution >= 4 is 5.91 Å². The van der Waals surface area contributed by atoms with Gasteiger partial charge in [-0.15, -0.1) is 0 Å². The number of ether oxygens (including phenoxy) is 1. The van der Waals surface area contributed by atoms with Gasteiger partial charge in [-0.05, 0) is 5.56 Å². The second-order valence-corrected chi connectivity index (χ2v) is 3.01. The number of benzene rings is 1. The number of amides is 1. The van der Waals surface area contributed by atoms with Crippen molar-refractivity contribution in [3.63, 3.8) is 0 Å². The Morgan fingerprint density at radius 1 is 1.43 bits per heavy atom. The highest BCUT2D eigenvalue weighted by molar-refractivity contribution is 5.76. The standard InChI is InChI=1S/C11H15NO2/c1-12-11(13)8-10(14-2)9-6-4-3-5-7-9/h3-7,10H,8H2,1-2H3,(H,12,13). The van der Waals surface area contributed by atoms with Gasteiger partial charge in [0.05, 0.1) is 12.5 Å². The average Bonchev–Trinajstić information content (AvgIpc) is 2.26. The Hall–Kier alpha value is -1.35. The number of methoxy groups -OCH3 is 1. The number of hydrogen-bond donors (Lipinski definition) is 1. The van der Waals surface area contributed by atoms with E-state index in [2.05, 4.69) is 5.32 Å². The summed E-state index contributed by atoms with van der Waals surface area (Å²) in [6.45, 7) is 0. The van der Waals surface area contributed by atoms with Gasteiger partial charge in [0.1, 0.15) is 0 Å². The molecule has 0 saturated heterocycles. The van der Waals surface area contributed by atoms with Crippen LogP contribution in [0.5, 0.6) is 0 Å². The summed E-state index contributed by atoms with van der Waals surface area (Å²) in [5.74, 6) is -0.0132. The summed E-state index contributed by atoms with van der Waals surface area (Å²) in [6.07, 6.45) is 0.202. The molecule has 0 spiro atoms. The molecule has 1 rings (SSSR count). The summed E-state index contributed by atoms with van der Waals surface area (Å²) in [4.78, 5) is 11.2. The van der Waals surface area contributed by atoms with Crippen molar-refractivity contribution in [1.29, 1.82) is 0 Å². The van der Waals surface area contributed by atoms with Crippen LogP contribution in [0.3, 0.4) is 0 Å².